The topological polar surface area (TPSA) is 35.5 Å². The zero-order valence-corrected chi connectivity index (χ0v) is 22.1. The molecule has 0 aromatic heterocycles. The van der Waals surface area contributed by atoms with Gasteiger partial charge in [0.15, 0.2) is 0 Å². The van der Waals surface area contributed by atoms with E-state index >= 15 is 0 Å². The fourth-order valence-electron chi connectivity index (χ4n) is 4.21. The van der Waals surface area contributed by atoms with Gasteiger partial charge in [-0.05, 0) is 85.2 Å². The first-order valence-electron chi connectivity index (χ1n) is 13.8. The number of carbonyl (C=O) groups excluding carboxylic acids is 1. The third-order valence-electron chi connectivity index (χ3n) is 6.53. The van der Waals surface area contributed by atoms with E-state index < -0.39 is 0 Å². The van der Waals surface area contributed by atoms with Crippen molar-refractivity contribution in [3.63, 3.8) is 0 Å². The molecular formula is C33H42O3. The Labute approximate surface area is 217 Å². The van der Waals surface area contributed by atoms with Gasteiger partial charge >= 0.3 is 5.97 Å². The molecule has 0 aliphatic carbocycles. The highest BCUT2D eigenvalue weighted by atomic mass is 16.5. The highest BCUT2D eigenvalue weighted by molar-refractivity contribution is 5.91. The average Bonchev–Trinajstić information content (AvgIpc) is 2.91. The Morgan fingerprint density at radius 2 is 1.06 bits per heavy atom. The zero-order chi connectivity index (χ0) is 25.4. The van der Waals surface area contributed by atoms with Gasteiger partial charge in [-0.2, -0.15) is 0 Å². The number of benzene rings is 3. The van der Waals surface area contributed by atoms with Crippen molar-refractivity contribution >= 4 is 5.97 Å². The number of hydrogen-bond acceptors (Lipinski definition) is 3. The molecule has 3 aromatic rings. The third-order valence-corrected chi connectivity index (χ3v) is 6.53. The predicted molar refractivity (Wildman–Crippen MR) is 149 cm³/mol. The summed E-state index contributed by atoms with van der Waals surface area (Å²) < 4.78 is 11.3. The quantitative estimate of drug-likeness (QED) is 0.115. The number of carbonyl (C=O) groups is 1. The molecule has 36 heavy (non-hydrogen) atoms. The zero-order valence-electron chi connectivity index (χ0n) is 22.1. The molecule has 0 saturated carbocycles. The molecule has 192 valence electrons. The van der Waals surface area contributed by atoms with Crippen LogP contribution in [0, 0.1) is 0 Å². The molecule has 0 N–H and O–H groups in total. The summed E-state index contributed by atoms with van der Waals surface area (Å²) in [5, 5.41) is 0. The maximum atomic E-state index is 12.5. The number of hydrogen-bond donors (Lipinski definition) is 0. The molecule has 0 amide bonds. The van der Waals surface area contributed by atoms with E-state index in [0.717, 1.165) is 25.0 Å². The Morgan fingerprint density at radius 3 is 1.67 bits per heavy atom. The summed E-state index contributed by atoms with van der Waals surface area (Å²) in [6.45, 7) is 5.17. The molecule has 0 bridgehead atoms. The van der Waals surface area contributed by atoms with Crippen LogP contribution in [-0.4, -0.2) is 12.6 Å². The fraction of sp³-hybridized carbons (Fsp3) is 0.424. The molecular weight excluding hydrogens is 444 g/mol. The minimum absolute atomic E-state index is 0.354. The van der Waals surface area contributed by atoms with Crippen LogP contribution in [0.5, 0.6) is 11.5 Å². The molecule has 3 rings (SSSR count). The van der Waals surface area contributed by atoms with E-state index in [1.54, 1.807) is 12.1 Å². The molecule has 0 fully saturated rings. The van der Waals surface area contributed by atoms with Crippen LogP contribution < -0.4 is 9.47 Å². The Kier molecular flexibility index (Phi) is 12.1. The van der Waals surface area contributed by atoms with Crippen molar-refractivity contribution in [3.8, 4) is 11.5 Å². The largest absolute Gasteiger partial charge is 0.494 e. The van der Waals surface area contributed by atoms with Gasteiger partial charge in [-0.3, -0.25) is 0 Å². The molecule has 0 spiro atoms. The lowest BCUT2D eigenvalue weighted by molar-refractivity contribution is 0.0734. The first-order chi connectivity index (χ1) is 17.7. The van der Waals surface area contributed by atoms with E-state index in [9.17, 15) is 4.79 Å². The smallest absolute Gasteiger partial charge is 0.343 e. The first-order valence-corrected chi connectivity index (χ1v) is 13.8. The maximum absolute atomic E-state index is 12.5. The van der Waals surface area contributed by atoms with Crippen molar-refractivity contribution in [2.45, 2.75) is 84.5 Å². The molecule has 3 heteroatoms. The summed E-state index contributed by atoms with van der Waals surface area (Å²) in [6.07, 6.45) is 13.0. The lowest BCUT2D eigenvalue weighted by Crippen LogP contribution is -2.08. The molecule has 0 saturated heterocycles. The molecule has 0 heterocycles. The molecule has 0 aliphatic rings. The highest BCUT2D eigenvalue weighted by Gasteiger charge is 2.09. The molecule has 0 aliphatic heterocycles. The highest BCUT2D eigenvalue weighted by Crippen LogP contribution is 2.18. The van der Waals surface area contributed by atoms with Crippen molar-refractivity contribution in [3.05, 3.63) is 95.1 Å². The van der Waals surface area contributed by atoms with E-state index in [1.165, 1.54) is 68.1 Å². The number of ether oxygens (including phenoxy) is 2. The van der Waals surface area contributed by atoms with E-state index in [1.807, 2.05) is 36.4 Å². The second-order valence-corrected chi connectivity index (χ2v) is 9.59. The molecule has 0 atom stereocenters. The van der Waals surface area contributed by atoms with Crippen molar-refractivity contribution in [2.24, 2.45) is 0 Å². The van der Waals surface area contributed by atoms with Gasteiger partial charge in [-0.1, -0.05) is 88.8 Å². The van der Waals surface area contributed by atoms with Gasteiger partial charge in [-0.15, -0.1) is 0 Å². The summed E-state index contributed by atoms with van der Waals surface area (Å²) in [5.74, 6) is 0.998. The second-order valence-electron chi connectivity index (χ2n) is 9.59. The van der Waals surface area contributed by atoms with Gasteiger partial charge in [0.05, 0.1) is 12.2 Å². The van der Waals surface area contributed by atoms with Crippen molar-refractivity contribution in [2.75, 3.05) is 6.61 Å². The van der Waals surface area contributed by atoms with Crippen LogP contribution in [0.1, 0.15) is 92.3 Å². The van der Waals surface area contributed by atoms with Gasteiger partial charge in [-0.25, -0.2) is 4.79 Å². The summed E-state index contributed by atoms with van der Waals surface area (Å²) >= 11 is 0. The molecule has 3 aromatic carbocycles. The summed E-state index contributed by atoms with van der Waals surface area (Å²) in [6, 6.07) is 24.1. The van der Waals surface area contributed by atoms with Crippen LogP contribution in [0.3, 0.4) is 0 Å². The van der Waals surface area contributed by atoms with E-state index in [0.29, 0.717) is 17.9 Å². The summed E-state index contributed by atoms with van der Waals surface area (Å²) in [5.41, 5.74) is 4.54. The Morgan fingerprint density at radius 1 is 0.556 bits per heavy atom. The molecule has 0 radical (unpaired) electrons. The summed E-state index contributed by atoms with van der Waals surface area (Å²) in [7, 11) is 0. The number of rotatable bonds is 16. The Bertz CT molecular complexity index is 1000. The third kappa shape index (κ3) is 9.89. The van der Waals surface area contributed by atoms with E-state index in [2.05, 4.69) is 38.1 Å². The average molecular weight is 487 g/mol. The normalized spacial score (nSPS) is 10.8. The Hall–Kier alpha value is -3.07. The summed E-state index contributed by atoms with van der Waals surface area (Å²) in [4.78, 5) is 12.5. The van der Waals surface area contributed by atoms with Gasteiger partial charge in [0.1, 0.15) is 11.5 Å². The first kappa shape index (κ1) is 27.5. The lowest BCUT2D eigenvalue weighted by Gasteiger charge is -2.08. The Balaban J connectivity index is 1.40. The van der Waals surface area contributed by atoms with Crippen molar-refractivity contribution in [1.29, 1.82) is 0 Å². The minimum Gasteiger partial charge on any atom is -0.494 e. The monoisotopic (exact) mass is 486 g/mol. The van der Waals surface area contributed by atoms with Crippen LogP contribution >= 0.6 is 0 Å². The lowest BCUT2D eigenvalue weighted by atomic mass is 10.0. The minimum atomic E-state index is -0.354. The van der Waals surface area contributed by atoms with E-state index in [-0.39, 0.29) is 5.97 Å². The molecule has 3 nitrogen and oxygen atoms in total. The number of aryl methyl sites for hydroxylation is 3. The van der Waals surface area contributed by atoms with Gasteiger partial charge in [0.25, 0.3) is 0 Å². The second kappa shape index (κ2) is 15.8. The van der Waals surface area contributed by atoms with Crippen LogP contribution in [-0.2, 0) is 19.3 Å². The standard InChI is InChI=1S/C33H42O3/c1-3-5-7-8-10-26-35-31-24-20-30(21-25-31)33(34)36-32-22-18-29(19-23-32)17-16-28-14-12-27(13-15-28)11-9-6-4-2/h12-15,18-25H,3-11,16-17,26H2,1-2H3. The van der Waals surface area contributed by atoms with Crippen molar-refractivity contribution < 1.29 is 14.3 Å². The van der Waals surface area contributed by atoms with Crippen LogP contribution in [0.2, 0.25) is 0 Å². The van der Waals surface area contributed by atoms with Gasteiger partial charge in [0, 0.05) is 0 Å². The van der Waals surface area contributed by atoms with Crippen LogP contribution in [0.25, 0.3) is 0 Å². The molecule has 0 unspecified atom stereocenters. The van der Waals surface area contributed by atoms with Crippen molar-refractivity contribution in [1.82, 2.24) is 0 Å². The maximum Gasteiger partial charge on any atom is 0.343 e. The van der Waals surface area contributed by atoms with Gasteiger partial charge < -0.3 is 9.47 Å². The number of esters is 1. The van der Waals surface area contributed by atoms with Crippen LogP contribution in [0.15, 0.2) is 72.8 Å². The van der Waals surface area contributed by atoms with E-state index in [4.69, 9.17) is 9.47 Å². The SMILES string of the molecule is CCCCCCCOc1ccc(C(=O)Oc2ccc(CCc3ccc(CCCCC)cc3)cc2)cc1. The van der Waals surface area contributed by atoms with Gasteiger partial charge in [0.2, 0.25) is 0 Å². The predicted octanol–water partition coefficient (Wildman–Crippen LogP) is 8.77. The number of unbranched alkanes of at least 4 members (excludes halogenated alkanes) is 6. The fourth-order valence-corrected chi connectivity index (χ4v) is 4.21. The van der Waals surface area contributed by atoms with Crippen LogP contribution in [0.4, 0.5) is 0 Å².